The highest BCUT2D eigenvalue weighted by Crippen LogP contribution is 2.22. The molecule has 0 heterocycles. The number of nitrogens with one attached hydrogen (secondary N) is 1. The Balaban J connectivity index is 2.53. The van der Waals surface area contributed by atoms with Crippen LogP contribution in [0.2, 0.25) is 0 Å². The van der Waals surface area contributed by atoms with Gasteiger partial charge in [0.15, 0.2) is 0 Å². The lowest BCUT2D eigenvalue weighted by Crippen LogP contribution is -2.45. The van der Waals surface area contributed by atoms with E-state index >= 15 is 0 Å². The normalized spacial score (nSPS) is 11.7. The van der Waals surface area contributed by atoms with Gasteiger partial charge in [-0.05, 0) is 36.6 Å². The van der Waals surface area contributed by atoms with Crippen LogP contribution < -0.4 is 5.32 Å². The molecule has 0 aliphatic carbocycles. The summed E-state index contributed by atoms with van der Waals surface area (Å²) < 4.78 is 61.7. The van der Waals surface area contributed by atoms with Crippen LogP contribution in [-0.4, -0.2) is 24.8 Å². The second-order valence-electron chi connectivity index (χ2n) is 4.00. The number of benzene rings is 1. The maximum atomic E-state index is 12.8. The van der Waals surface area contributed by atoms with Gasteiger partial charge in [0.1, 0.15) is 5.82 Å². The van der Waals surface area contributed by atoms with Crippen LogP contribution in [0.1, 0.15) is 11.1 Å². The summed E-state index contributed by atoms with van der Waals surface area (Å²) in [6.07, 6.45) is -3.89. The zero-order valence-corrected chi connectivity index (χ0v) is 10.0. The third-order valence-electron chi connectivity index (χ3n) is 2.56. The monoisotopic (exact) mass is 281 g/mol. The minimum absolute atomic E-state index is 0.150. The Bertz CT molecular complexity index is 461. The molecule has 106 valence electrons. The van der Waals surface area contributed by atoms with Crippen LogP contribution in [0.3, 0.4) is 0 Å². The number of alkyl halides is 4. The van der Waals surface area contributed by atoms with Gasteiger partial charge in [0.05, 0.1) is 0 Å². The molecule has 0 aliphatic rings. The van der Waals surface area contributed by atoms with Gasteiger partial charge < -0.3 is 5.32 Å². The Morgan fingerprint density at radius 1 is 1.37 bits per heavy atom. The zero-order chi connectivity index (χ0) is 14.6. The van der Waals surface area contributed by atoms with Crippen molar-refractivity contribution < 1.29 is 26.7 Å². The van der Waals surface area contributed by atoms with Crippen LogP contribution in [0.15, 0.2) is 18.2 Å². The van der Waals surface area contributed by atoms with Gasteiger partial charge in [-0.15, -0.1) is 0 Å². The van der Waals surface area contributed by atoms with Gasteiger partial charge in [0, 0.05) is 6.54 Å². The summed E-state index contributed by atoms with van der Waals surface area (Å²) in [6.45, 7) is 1.39. The molecule has 0 spiro atoms. The minimum atomic E-state index is -4.70. The van der Waals surface area contributed by atoms with Crippen molar-refractivity contribution >= 4 is 5.91 Å². The first-order chi connectivity index (χ1) is 8.75. The molecule has 0 aromatic heterocycles. The topological polar surface area (TPSA) is 29.1 Å². The molecular weight excluding hydrogens is 269 g/mol. The van der Waals surface area contributed by atoms with Gasteiger partial charge in [0.2, 0.25) is 0 Å². The Hall–Kier alpha value is -1.66. The Kier molecular flexibility index (Phi) is 4.85. The van der Waals surface area contributed by atoms with Crippen molar-refractivity contribution in [3.63, 3.8) is 0 Å². The van der Waals surface area contributed by atoms with E-state index in [9.17, 15) is 26.7 Å². The summed E-state index contributed by atoms with van der Waals surface area (Å²) in [5.41, 5.74) is 1.23. The summed E-state index contributed by atoms with van der Waals surface area (Å²) in [7, 11) is 0. The predicted octanol–water partition coefficient (Wildman–Crippen LogP) is 2.69. The first-order valence-electron chi connectivity index (χ1n) is 5.44. The van der Waals surface area contributed by atoms with Gasteiger partial charge >= 0.3 is 12.3 Å². The van der Waals surface area contributed by atoms with E-state index < -0.39 is 24.1 Å². The van der Waals surface area contributed by atoms with E-state index in [4.69, 9.17) is 0 Å². The smallest absolute Gasteiger partial charge is 0.350 e. The number of halogens is 5. The lowest BCUT2D eigenvalue weighted by atomic mass is 10.1. The molecule has 19 heavy (non-hydrogen) atoms. The van der Waals surface area contributed by atoms with Crippen molar-refractivity contribution in [1.82, 2.24) is 5.32 Å². The Morgan fingerprint density at radius 2 is 2.00 bits per heavy atom. The van der Waals surface area contributed by atoms with Crippen LogP contribution >= 0.6 is 0 Å². The summed E-state index contributed by atoms with van der Waals surface area (Å²) >= 11 is 0. The molecule has 0 atom stereocenters. The minimum Gasteiger partial charge on any atom is -0.350 e. The second kappa shape index (κ2) is 5.99. The van der Waals surface area contributed by atoms with Crippen molar-refractivity contribution in [2.75, 3.05) is 6.54 Å². The predicted molar refractivity (Wildman–Crippen MR) is 58.8 cm³/mol. The van der Waals surface area contributed by atoms with Crippen LogP contribution in [-0.2, 0) is 11.2 Å². The van der Waals surface area contributed by atoms with E-state index in [1.807, 2.05) is 0 Å². The molecule has 0 saturated heterocycles. The van der Waals surface area contributed by atoms with Crippen molar-refractivity contribution in [2.45, 2.75) is 25.7 Å². The Labute approximate surface area is 106 Å². The van der Waals surface area contributed by atoms with Crippen molar-refractivity contribution in [3.8, 4) is 0 Å². The number of hydrogen-bond donors (Lipinski definition) is 1. The highest BCUT2D eigenvalue weighted by atomic mass is 19.3. The highest BCUT2D eigenvalue weighted by Gasteiger charge is 2.48. The average Bonchev–Trinajstić information content (AvgIpc) is 2.31. The first kappa shape index (κ1) is 15.4. The van der Waals surface area contributed by atoms with Crippen LogP contribution in [0.4, 0.5) is 22.0 Å². The van der Waals surface area contributed by atoms with Crippen LogP contribution in [0, 0.1) is 12.7 Å². The lowest BCUT2D eigenvalue weighted by Gasteiger charge is -2.15. The molecule has 0 aliphatic heterocycles. The zero-order valence-electron chi connectivity index (χ0n) is 10.0. The Morgan fingerprint density at radius 3 is 2.53 bits per heavy atom. The van der Waals surface area contributed by atoms with Crippen molar-refractivity contribution in [3.05, 3.63) is 35.1 Å². The van der Waals surface area contributed by atoms with Gasteiger partial charge in [-0.3, -0.25) is 4.79 Å². The van der Waals surface area contributed by atoms with E-state index in [2.05, 4.69) is 0 Å². The molecule has 0 saturated carbocycles. The third-order valence-corrected chi connectivity index (χ3v) is 2.56. The molecule has 1 amide bonds. The highest BCUT2D eigenvalue weighted by molar-refractivity contribution is 5.83. The number of aryl methyl sites for hydroxylation is 1. The van der Waals surface area contributed by atoms with Crippen molar-refractivity contribution in [2.24, 2.45) is 0 Å². The van der Waals surface area contributed by atoms with Crippen LogP contribution in [0.5, 0.6) is 0 Å². The molecule has 1 aromatic rings. The standard InChI is InChI=1S/C12H12F5NO/c1-7-6-9(13)3-2-8(7)4-5-18-11(19)12(16,17)10(14)15/h2-3,6,10H,4-5H2,1H3,(H,18,19). The van der Waals surface area contributed by atoms with E-state index in [0.717, 1.165) is 0 Å². The molecular formula is C12H12F5NO. The average molecular weight is 281 g/mol. The molecule has 1 N–H and O–H groups in total. The number of amides is 1. The molecule has 0 unspecified atom stereocenters. The number of hydrogen-bond acceptors (Lipinski definition) is 1. The quantitative estimate of drug-likeness (QED) is 0.826. The van der Waals surface area contributed by atoms with Gasteiger partial charge in [0.25, 0.3) is 5.91 Å². The van der Waals surface area contributed by atoms with E-state index in [1.165, 1.54) is 18.2 Å². The maximum Gasteiger partial charge on any atom is 0.383 e. The molecule has 1 aromatic carbocycles. The summed E-state index contributed by atoms with van der Waals surface area (Å²) in [5, 5.41) is 1.73. The summed E-state index contributed by atoms with van der Waals surface area (Å²) in [6, 6.07) is 3.89. The molecule has 0 fully saturated rings. The van der Waals surface area contributed by atoms with Gasteiger partial charge in [-0.25, -0.2) is 13.2 Å². The molecule has 2 nitrogen and oxygen atoms in total. The fourth-order valence-electron chi connectivity index (χ4n) is 1.47. The van der Waals surface area contributed by atoms with Crippen molar-refractivity contribution in [1.29, 1.82) is 0 Å². The first-order valence-corrected chi connectivity index (χ1v) is 5.44. The fraction of sp³-hybridized carbons (Fsp3) is 0.417. The summed E-state index contributed by atoms with van der Waals surface area (Å²) in [4.78, 5) is 10.8. The van der Waals surface area contributed by atoms with Gasteiger partial charge in [-0.1, -0.05) is 6.07 Å². The second-order valence-corrected chi connectivity index (χ2v) is 4.00. The molecule has 0 radical (unpaired) electrons. The summed E-state index contributed by atoms with van der Waals surface area (Å²) in [5.74, 6) is -7.14. The third kappa shape index (κ3) is 3.90. The van der Waals surface area contributed by atoms with Crippen LogP contribution in [0.25, 0.3) is 0 Å². The maximum absolute atomic E-state index is 12.8. The SMILES string of the molecule is Cc1cc(F)ccc1CCNC(=O)C(F)(F)C(F)F. The van der Waals surface area contributed by atoms with E-state index in [-0.39, 0.29) is 13.0 Å². The van der Waals surface area contributed by atoms with Gasteiger partial charge in [-0.2, -0.15) is 8.78 Å². The number of rotatable bonds is 5. The molecule has 7 heteroatoms. The lowest BCUT2D eigenvalue weighted by molar-refractivity contribution is -0.169. The fourth-order valence-corrected chi connectivity index (χ4v) is 1.47. The van der Waals surface area contributed by atoms with E-state index in [1.54, 1.807) is 12.2 Å². The molecule has 0 bridgehead atoms. The molecule has 1 rings (SSSR count). The largest absolute Gasteiger partial charge is 0.383 e. The van der Waals surface area contributed by atoms with E-state index in [0.29, 0.717) is 11.1 Å². The number of carbonyl (C=O) groups is 1. The number of carbonyl (C=O) groups excluding carboxylic acids is 1.